The van der Waals surface area contributed by atoms with Gasteiger partial charge in [0.2, 0.25) is 15.9 Å². The van der Waals surface area contributed by atoms with E-state index in [-0.39, 0.29) is 24.0 Å². The average Bonchev–Trinajstić information content (AvgIpc) is 3.46. The van der Waals surface area contributed by atoms with E-state index in [1.54, 1.807) is 20.8 Å². The molecule has 1 atom stereocenters. The number of ether oxygens (including phenoxy) is 1. The smallest absolute Gasteiger partial charge is 0.338 e. The Morgan fingerprint density at radius 1 is 1.00 bits per heavy atom. The van der Waals surface area contributed by atoms with Crippen molar-refractivity contribution in [1.29, 1.82) is 0 Å². The molecule has 2 fully saturated rings. The summed E-state index contributed by atoms with van der Waals surface area (Å²) in [7, 11) is -4.09. The molecule has 37 heavy (non-hydrogen) atoms. The van der Waals surface area contributed by atoms with Crippen molar-refractivity contribution in [2.24, 2.45) is 0 Å². The molecule has 0 aromatic heterocycles. The van der Waals surface area contributed by atoms with E-state index in [0.29, 0.717) is 35.2 Å². The first-order valence-electron chi connectivity index (χ1n) is 12.7. The Labute approximate surface area is 218 Å². The number of carbonyl (C=O) groups excluding carboxylic acids is 3. The summed E-state index contributed by atoms with van der Waals surface area (Å²) >= 11 is 0. The standard InChI is InChI=1S/C28H34N2O6S/c1-6-36-28(33)21-11-13-22(14-12-21)29-25(31)16-24(27(29)32)30(23-9-7-8-10-23)37(34,35)26-19(4)17(2)15-18(3)20(26)5/h11-15,23-24H,6-10,16H2,1-5H3. The lowest BCUT2D eigenvalue weighted by Gasteiger charge is -2.33. The van der Waals surface area contributed by atoms with Crippen LogP contribution in [0.2, 0.25) is 0 Å². The van der Waals surface area contributed by atoms with Gasteiger partial charge in [0.1, 0.15) is 6.04 Å². The van der Waals surface area contributed by atoms with Crippen molar-refractivity contribution in [3.05, 3.63) is 58.1 Å². The Morgan fingerprint density at radius 2 is 1.57 bits per heavy atom. The minimum absolute atomic E-state index is 0.225. The van der Waals surface area contributed by atoms with Crippen molar-refractivity contribution >= 4 is 33.5 Å². The maximum absolute atomic E-state index is 14.3. The summed E-state index contributed by atoms with van der Waals surface area (Å²) in [6.07, 6.45) is 2.81. The number of aryl methyl sites for hydroxylation is 2. The van der Waals surface area contributed by atoms with Gasteiger partial charge < -0.3 is 4.74 Å². The van der Waals surface area contributed by atoms with Crippen LogP contribution in [0.25, 0.3) is 0 Å². The topological polar surface area (TPSA) is 101 Å². The Kier molecular flexibility index (Phi) is 7.57. The van der Waals surface area contributed by atoms with Crippen molar-refractivity contribution in [2.75, 3.05) is 11.5 Å². The lowest BCUT2D eigenvalue weighted by molar-refractivity contribution is -0.122. The molecule has 0 spiro atoms. The summed E-state index contributed by atoms with van der Waals surface area (Å²) in [6.45, 7) is 9.29. The van der Waals surface area contributed by atoms with Crippen molar-refractivity contribution in [1.82, 2.24) is 4.31 Å². The second-order valence-electron chi connectivity index (χ2n) is 9.92. The molecular formula is C28H34N2O6S. The zero-order valence-electron chi connectivity index (χ0n) is 22.0. The predicted octanol–water partition coefficient (Wildman–Crippen LogP) is 4.36. The van der Waals surface area contributed by atoms with E-state index in [2.05, 4.69) is 0 Å². The fourth-order valence-electron chi connectivity index (χ4n) is 5.50. The van der Waals surface area contributed by atoms with Crippen LogP contribution in [0.5, 0.6) is 0 Å². The van der Waals surface area contributed by atoms with Crippen LogP contribution in [0.4, 0.5) is 5.69 Å². The maximum Gasteiger partial charge on any atom is 0.338 e. The van der Waals surface area contributed by atoms with Crippen LogP contribution in [0.1, 0.15) is 71.6 Å². The highest BCUT2D eigenvalue weighted by molar-refractivity contribution is 7.89. The Balaban J connectivity index is 1.74. The number of carbonyl (C=O) groups is 3. The normalized spacial score (nSPS) is 18.8. The number of hydrogen-bond acceptors (Lipinski definition) is 6. The molecule has 1 saturated heterocycles. The number of benzene rings is 2. The second-order valence-corrected chi connectivity index (χ2v) is 11.7. The zero-order valence-corrected chi connectivity index (χ0v) is 22.9. The van der Waals surface area contributed by atoms with E-state index in [0.717, 1.165) is 28.9 Å². The van der Waals surface area contributed by atoms with Gasteiger partial charge in [-0.25, -0.2) is 18.1 Å². The van der Waals surface area contributed by atoms with Crippen LogP contribution in [0, 0.1) is 27.7 Å². The van der Waals surface area contributed by atoms with E-state index < -0.39 is 33.8 Å². The van der Waals surface area contributed by atoms with Gasteiger partial charge in [0, 0.05) is 6.04 Å². The molecule has 0 bridgehead atoms. The van der Waals surface area contributed by atoms with Crippen molar-refractivity contribution in [3.63, 3.8) is 0 Å². The van der Waals surface area contributed by atoms with Crippen molar-refractivity contribution in [3.8, 4) is 0 Å². The average molecular weight is 527 g/mol. The summed E-state index contributed by atoms with van der Waals surface area (Å²) in [5.74, 6) is -1.53. The summed E-state index contributed by atoms with van der Waals surface area (Å²) in [4.78, 5) is 40.1. The third-order valence-electron chi connectivity index (χ3n) is 7.58. The third-order valence-corrected chi connectivity index (χ3v) is 9.82. The summed E-state index contributed by atoms with van der Waals surface area (Å²) in [5, 5.41) is 0. The molecule has 4 rings (SSSR count). The summed E-state index contributed by atoms with van der Waals surface area (Å²) in [5.41, 5.74) is 3.66. The molecule has 1 heterocycles. The number of anilines is 1. The Bertz CT molecular complexity index is 1320. The van der Waals surface area contributed by atoms with Gasteiger partial charge in [0.25, 0.3) is 5.91 Å². The minimum Gasteiger partial charge on any atom is -0.462 e. The van der Waals surface area contributed by atoms with Crippen molar-refractivity contribution < 1.29 is 27.5 Å². The van der Waals surface area contributed by atoms with Crippen LogP contribution in [0.3, 0.4) is 0 Å². The number of amides is 2. The van der Waals surface area contributed by atoms with Gasteiger partial charge in [-0.3, -0.25) is 9.59 Å². The van der Waals surface area contributed by atoms with Gasteiger partial charge in [0.15, 0.2) is 0 Å². The third kappa shape index (κ3) is 4.82. The number of sulfonamides is 1. The van der Waals surface area contributed by atoms with Crippen molar-refractivity contribution in [2.45, 2.75) is 83.7 Å². The quantitative estimate of drug-likeness (QED) is 0.392. The maximum atomic E-state index is 14.3. The SMILES string of the molecule is CCOC(=O)c1ccc(N2C(=O)CC(N(C3CCCC3)S(=O)(=O)c3c(C)c(C)cc(C)c3C)C2=O)cc1. The fraction of sp³-hybridized carbons (Fsp3) is 0.464. The molecule has 1 saturated carbocycles. The van der Waals surface area contributed by atoms with Gasteiger partial charge in [-0.2, -0.15) is 4.31 Å². The molecule has 1 aliphatic heterocycles. The zero-order chi connectivity index (χ0) is 27.1. The van der Waals surface area contributed by atoms with Gasteiger partial charge in [-0.15, -0.1) is 0 Å². The van der Waals surface area contributed by atoms with Gasteiger partial charge in [0.05, 0.1) is 29.2 Å². The number of imide groups is 1. The molecule has 0 radical (unpaired) electrons. The number of hydrogen-bond donors (Lipinski definition) is 0. The van der Waals surface area contributed by atoms with Gasteiger partial charge in [-0.05, 0) is 94.0 Å². The molecule has 1 aliphatic carbocycles. The molecule has 8 nitrogen and oxygen atoms in total. The number of nitrogens with zero attached hydrogens (tertiary/aromatic N) is 2. The number of esters is 1. The van der Waals surface area contributed by atoms with Crippen LogP contribution in [-0.4, -0.2) is 49.2 Å². The largest absolute Gasteiger partial charge is 0.462 e. The molecule has 2 amide bonds. The highest BCUT2D eigenvalue weighted by Crippen LogP contribution is 2.38. The molecule has 9 heteroatoms. The van der Waals surface area contributed by atoms with Gasteiger partial charge in [-0.1, -0.05) is 18.9 Å². The van der Waals surface area contributed by atoms with E-state index in [1.807, 2.05) is 19.9 Å². The number of rotatable bonds is 7. The summed E-state index contributed by atoms with van der Waals surface area (Å²) in [6, 6.07) is 6.51. The molecule has 198 valence electrons. The first-order chi connectivity index (χ1) is 17.5. The fourth-order valence-corrected chi connectivity index (χ4v) is 7.91. The highest BCUT2D eigenvalue weighted by atomic mass is 32.2. The lowest BCUT2D eigenvalue weighted by atomic mass is 10.0. The molecule has 2 aromatic carbocycles. The highest BCUT2D eigenvalue weighted by Gasteiger charge is 2.50. The van der Waals surface area contributed by atoms with E-state index in [1.165, 1.54) is 28.6 Å². The first-order valence-corrected chi connectivity index (χ1v) is 14.2. The molecular weight excluding hydrogens is 492 g/mol. The molecule has 1 unspecified atom stereocenters. The minimum atomic E-state index is -4.09. The monoisotopic (exact) mass is 526 g/mol. The summed E-state index contributed by atoms with van der Waals surface area (Å²) < 4.78 is 35.0. The Morgan fingerprint density at radius 3 is 2.11 bits per heavy atom. The second kappa shape index (κ2) is 10.4. The molecule has 2 aliphatic rings. The van der Waals surface area contributed by atoms with E-state index >= 15 is 0 Å². The van der Waals surface area contributed by atoms with E-state index in [9.17, 15) is 22.8 Å². The lowest BCUT2D eigenvalue weighted by Crippen LogP contribution is -2.50. The van der Waals surface area contributed by atoms with Crippen LogP contribution in [-0.2, 0) is 24.3 Å². The molecule has 2 aromatic rings. The molecule has 0 N–H and O–H groups in total. The van der Waals surface area contributed by atoms with E-state index in [4.69, 9.17) is 4.74 Å². The van der Waals surface area contributed by atoms with Crippen LogP contribution < -0.4 is 4.90 Å². The first kappa shape index (κ1) is 27.0. The Hall–Kier alpha value is -3.04. The van der Waals surface area contributed by atoms with Crippen LogP contribution >= 0.6 is 0 Å². The van der Waals surface area contributed by atoms with Gasteiger partial charge >= 0.3 is 5.97 Å². The predicted molar refractivity (Wildman–Crippen MR) is 140 cm³/mol. The van der Waals surface area contributed by atoms with Crippen LogP contribution in [0.15, 0.2) is 35.2 Å².